The van der Waals surface area contributed by atoms with Crippen LogP contribution in [0, 0.1) is 0 Å². The van der Waals surface area contributed by atoms with Crippen LogP contribution >= 0.6 is 0 Å². The second-order valence-corrected chi connectivity index (χ2v) is 5.07. The summed E-state index contributed by atoms with van der Waals surface area (Å²) in [5.41, 5.74) is 2.38. The van der Waals surface area contributed by atoms with E-state index in [1.165, 1.54) is 23.8 Å². The van der Waals surface area contributed by atoms with Crippen LogP contribution in [0.2, 0.25) is 0 Å². The summed E-state index contributed by atoms with van der Waals surface area (Å²) in [5.74, 6) is 1.32. The largest absolute Gasteiger partial charge is 0.474 e. The average molecular weight is 227 g/mol. The van der Waals surface area contributed by atoms with Crippen LogP contribution in [0.15, 0.2) is 30.3 Å². The Labute approximate surface area is 102 Å². The highest BCUT2D eigenvalue weighted by molar-refractivity contribution is 5.80. The normalized spacial score (nSPS) is 15.5. The third-order valence-electron chi connectivity index (χ3n) is 3.17. The first kappa shape index (κ1) is 10.6. The zero-order valence-electron chi connectivity index (χ0n) is 10.3. The molecule has 1 heterocycles. The number of fused-ring (bicyclic) bond motifs is 1. The van der Waals surface area contributed by atoms with Crippen LogP contribution in [0.1, 0.15) is 38.2 Å². The van der Waals surface area contributed by atoms with Gasteiger partial charge in [-0.2, -0.15) is 0 Å². The lowest BCUT2D eigenvalue weighted by Crippen LogP contribution is -1.98. The van der Waals surface area contributed by atoms with Crippen LogP contribution in [-0.4, -0.2) is 11.1 Å². The molecular weight excluding hydrogens is 210 g/mol. The highest BCUT2D eigenvalue weighted by atomic mass is 16.5. The summed E-state index contributed by atoms with van der Waals surface area (Å²) in [4.78, 5) is 4.53. The lowest BCUT2D eigenvalue weighted by molar-refractivity contribution is 0.292. The molecule has 0 saturated heterocycles. The zero-order valence-corrected chi connectivity index (χ0v) is 10.3. The molecule has 17 heavy (non-hydrogen) atoms. The standard InChI is InChI=1S/C15H17NO/c1-10(2)11-3-7-14-12(9-11)4-8-15(16-14)17-13-5-6-13/h3-4,7-10,13H,5-6H2,1-2H3. The Hall–Kier alpha value is -1.57. The molecule has 1 aromatic heterocycles. The second-order valence-electron chi connectivity index (χ2n) is 5.07. The smallest absolute Gasteiger partial charge is 0.214 e. The predicted octanol–water partition coefficient (Wildman–Crippen LogP) is 3.90. The molecule has 0 aliphatic heterocycles. The lowest BCUT2D eigenvalue weighted by atomic mass is 10.0. The molecule has 1 aliphatic carbocycles. The molecule has 1 fully saturated rings. The van der Waals surface area contributed by atoms with E-state index in [0.717, 1.165) is 11.4 Å². The van der Waals surface area contributed by atoms with E-state index in [-0.39, 0.29) is 0 Å². The van der Waals surface area contributed by atoms with Gasteiger partial charge in [0.2, 0.25) is 5.88 Å². The van der Waals surface area contributed by atoms with E-state index in [1.807, 2.05) is 6.07 Å². The van der Waals surface area contributed by atoms with Crippen molar-refractivity contribution in [2.75, 3.05) is 0 Å². The van der Waals surface area contributed by atoms with Gasteiger partial charge in [0.05, 0.1) is 5.52 Å². The van der Waals surface area contributed by atoms with Crippen molar-refractivity contribution >= 4 is 10.9 Å². The molecule has 2 heteroatoms. The SMILES string of the molecule is CC(C)c1ccc2nc(OC3CC3)ccc2c1. The number of pyridine rings is 1. The first-order valence-corrected chi connectivity index (χ1v) is 6.30. The van der Waals surface area contributed by atoms with E-state index in [2.05, 4.69) is 43.1 Å². The molecule has 0 amide bonds. The van der Waals surface area contributed by atoms with Crippen LogP contribution in [0.25, 0.3) is 10.9 Å². The average Bonchev–Trinajstić information content (AvgIpc) is 3.12. The number of rotatable bonds is 3. The number of ether oxygens (including phenoxy) is 1. The van der Waals surface area contributed by atoms with Gasteiger partial charge in [-0.25, -0.2) is 4.98 Å². The Morgan fingerprint density at radius 1 is 1.18 bits per heavy atom. The van der Waals surface area contributed by atoms with Crippen molar-refractivity contribution in [3.63, 3.8) is 0 Å². The summed E-state index contributed by atoms with van der Waals surface area (Å²) in [7, 11) is 0. The third kappa shape index (κ3) is 2.26. The molecular formula is C15H17NO. The van der Waals surface area contributed by atoms with Gasteiger partial charge in [-0.05, 0) is 42.5 Å². The maximum Gasteiger partial charge on any atom is 0.214 e. The first-order valence-electron chi connectivity index (χ1n) is 6.30. The molecule has 2 nitrogen and oxygen atoms in total. The highest BCUT2D eigenvalue weighted by Crippen LogP contribution is 2.27. The lowest BCUT2D eigenvalue weighted by Gasteiger charge is -2.08. The van der Waals surface area contributed by atoms with Crippen LogP contribution in [0.4, 0.5) is 0 Å². The molecule has 88 valence electrons. The van der Waals surface area contributed by atoms with Gasteiger partial charge < -0.3 is 4.74 Å². The molecule has 0 spiro atoms. The Morgan fingerprint density at radius 2 is 2.00 bits per heavy atom. The maximum absolute atomic E-state index is 5.70. The summed E-state index contributed by atoms with van der Waals surface area (Å²) >= 11 is 0. The molecule has 2 aromatic rings. The second kappa shape index (κ2) is 4.02. The highest BCUT2D eigenvalue weighted by Gasteiger charge is 2.23. The minimum Gasteiger partial charge on any atom is -0.474 e. The van der Waals surface area contributed by atoms with E-state index in [9.17, 15) is 0 Å². The van der Waals surface area contributed by atoms with Gasteiger partial charge in [-0.1, -0.05) is 19.9 Å². The van der Waals surface area contributed by atoms with Crippen molar-refractivity contribution in [2.45, 2.75) is 38.7 Å². The number of aromatic nitrogens is 1. The van der Waals surface area contributed by atoms with Crippen molar-refractivity contribution in [1.82, 2.24) is 4.98 Å². The first-order chi connectivity index (χ1) is 8.22. The molecule has 3 rings (SSSR count). The van der Waals surface area contributed by atoms with Gasteiger partial charge >= 0.3 is 0 Å². The van der Waals surface area contributed by atoms with Gasteiger partial charge in [0.1, 0.15) is 6.10 Å². The fourth-order valence-corrected chi connectivity index (χ4v) is 1.91. The van der Waals surface area contributed by atoms with Crippen molar-refractivity contribution in [2.24, 2.45) is 0 Å². The number of hydrogen-bond donors (Lipinski definition) is 0. The van der Waals surface area contributed by atoms with Crippen molar-refractivity contribution < 1.29 is 4.74 Å². The fourth-order valence-electron chi connectivity index (χ4n) is 1.91. The van der Waals surface area contributed by atoms with Gasteiger partial charge in [0, 0.05) is 11.5 Å². The molecule has 0 N–H and O–H groups in total. The minimum absolute atomic E-state index is 0.412. The maximum atomic E-state index is 5.70. The Balaban J connectivity index is 1.96. The summed E-state index contributed by atoms with van der Waals surface area (Å²) < 4.78 is 5.70. The molecule has 0 radical (unpaired) electrons. The zero-order chi connectivity index (χ0) is 11.8. The van der Waals surface area contributed by atoms with E-state index in [4.69, 9.17) is 4.74 Å². The number of benzene rings is 1. The molecule has 1 saturated carbocycles. The molecule has 1 aromatic carbocycles. The van der Waals surface area contributed by atoms with Crippen LogP contribution in [-0.2, 0) is 0 Å². The van der Waals surface area contributed by atoms with Gasteiger partial charge in [0.15, 0.2) is 0 Å². The predicted molar refractivity (Wildman–Crippen MR) is 69.5 cm³/mol. The molecule has 0 atom stereocenters. The van der Waals surface area contributed by atoms with Crippen LogP contribution in [0.3, 0.4) is 0 Å². The fraction of sp³-hybridized carbons (Fsp3) is 0.400. The summed E-state index contributed by atoms with van der Waals surface area (Å²) in [6, 6.07) is 10.5. The third-order valence-corrected chi connectivity index (χ3v) is 3.17. The monoisotopic (exact) mass is 227 g/mol. The van der Waals surface area contributed by atoms with Crippen molar-refractivity contribution in [3.05, 3.63) is 35.9 Å². The van der Waals surface area contributed by atoms with Gasteiger partial charge in [-0.3, -0.25) is 0 Å². The van der Waals surface area contributed by atoms with E-state index in [0.29, 0.717) is 12.0 Å². The Bertz CT molecular complexity index is 544. The number of hydrogen-bond acceptors (Lipinski definition) is 2. The van der Waals surface area contributed by atoms with Crippen molar-refractivity contribution in [3.8, 4) is 5.88 Å². The molecule has 0 bridgehead atoms. The molecule has 0 unspecified atom stereocenters. The van der Waals surface area contributed by atoms with E-state index < -0.39 is 0 Å². The summed E-state index contributed by atoms with van der Waals surface area (Å²) in [5, 5.41) is 1.19. The Morgan fingerprint density at radius 3 is 2.71 bits per heavy atom. The Kier molecular flexibility index (Phi) is 2.50. The quantitative estimate of drug-likeness (QED) is 0.793. The molecule has 1 aliphatic rings. The van der Waals surface area contributed by atoms with Gasteiger partial charge in [0.25, 0.3) is 0 Å². The van der Waals surface area contributed by atoms with Crippen LogP contribution < -0.4 is 4.74 Å². The topological polar surface area (TPSA) is 22.1 Å². The van der Waals surface area contributed by atoms with Crippen molar-refractivity contribution in [1.29, 1.82) is 0 Å². The number of nitrogens with zero attached hydrogens (tertiary/aromatic N) is 1. The van der Waals surface area contributed by atoms with Gasteiger partial charge in [-0.15, -0.1) is 0 Å². The van der Waals surface area contributed by atoms with Crippen LogP contribution in [0.5, 0.6) is 5.88 Å². The van der Waals surface area contributed by atoms with E-state index in [1.54, 1.807) is 0 Å². The minimum atomic E-state index is 0.412. The van der Waals surface area contributed by atoms with E-state index >= 15 is 0 Å². The summed E-state index contributed by atoms with van der Waals surface area (Å²) in [6.07, 6.45) is 2.76. The summed E-state index contributed by atoms with van der Waals surface area (Å²) in [6.45, 7) is 4.42.